The average Bonchev–Trinajstić information content (AvgIpc) is 2.89. The lowest BCUT2D eigenvalue weighted by Gasteiger charge is -2.16. The van der Waals surface area contributed by atoms with Gasteiger partial charge in [0, 0.05) is 24.5 Å². The number of hydrogen-bond donors (Lipinski definition) is 2. The fraction of sp³-hybridized carbons (Fsp3) is 0.375. The van der Waals surface area contributed by atoms with Crippen LogP contribution in [-0.2, 0) is 4.74 Å². The van der Waals surface area contributed by atoms with Crippen molar-refractivity contribution in [2.24, 2.45) is 5.92 Å². The summed E-state index contributed by atoms with van der Waals surface area (Å²) in [5.74, 6) is 0.0463. The second-order valence-electron chi connectivity index (χ2n) is 5.39. The number of carboxylic acids is 1. The molecule has 2 unspecified atom stereocenters. The van der Waals surface area contributed by atoms with Gasteiger partial charge in [-0.1, -0.05) is 24.3 Å². The number of anilines is 1. The Labute approximate surface area is 123 Å². The number of carbonyl (C=O) groups is 1. The van der Waals surface area contributed by atoms with E-state index in [9.17, 15) is 9.90 Å². The van der Waals surface area contributed by atoms with Gasteiger partial charge in [0.2, 0.25) is 0 Å². The molecule has 0 saturated carbocycles. The largest absolute Gasteiger partial charge is 0.477 e. The molecule has 1 aliphatic rings. The maximum atomic E-state index is 11.2. The van der Waals surface area contributed by atoms with Gasteiger partial charge in [0.15, 0.2) is 5.69 Å². The second-order valence-corrected chi connectivity index (χ2v) is 5.39. The monoisotopic (exact) mass is 286 g/mol. The lowest BCUT2D eigenvalue weighted by atomic mass is 10.0. The van der Waals surface area contributed by atoms with Crippen LogP contribution in [0.1, 0.15) is 23.8 Å². The van der Waals surface area contributed by atoms with Gasteiger partial charge in [0.25, 0.3) is 0 Å². The van der Waals surface area contributed by atoms with E-state index in [1.165, 1.54) is 0 Å². The molecule has 110 valence electrons. The highest BCUT2D eigenvalue weighted by Gasteiger charge is 2.24. The maximum absolute atomic E-state index is 11.2. The summed E-state index contributed by atoms with van der Waals surface area (Å²) in [5.41, 5.74) is 0.0620. The van der Waals surface area contributed by atoms with Crippen molar-refractivity contribution < 1.29 is 14.6 Å². The Morgan fingerprint density at radius 2 is 2.29 bits per heavy atom. The molecule has 1 aromatic heterocycles. The topological polar surface area (TPSA) is 71.5 Å². The molecule has 0 spiro atoms. The number of aromatic carboxylic acids is 1. The van der Waals surface area contributed by atoms with Crippen LogP contribution < -0.4 is 5.32 Å². The number of nitrogens with zero attached hydrogens (tertiary/aromatic N) is 1. The molecule has 0 aliphatic carbocycles. The highest BCUT2D eigenvalue weighted by atomic mass is 16.5. The Hall–Kier alpha value is -2.14. The van der Waals surface area contributed by atoms with Crippen molar-refractivity contribution in [2.45, 2.75) is 19.4 Å². The molecular formula is C16H18N2O3. The summed E-state index contributed by atoms with van der Waals surface area (Å²) < 4.78 is 5.55. The Morgan fingerprint density at radius 3 is 3.00 bits per heavy atom. The van der Waals surface area contributed by atoms with Crippen LogP contribution in [0.4, 0.5) is 5.82 Å². The van der Waals surface area contributed by atoms with E-state index in [0.717, 1.165) is 30.3 Å². The lowest BCUT2D eigenvalue weighted by Crippen LogP contribution is -2.21. The standard InChI is InChI=1S/C16H18N2O3/c1-10-12(6-7-21-10)9-17-15-13-5-3-2-4-11(13)8-14(18-15)16(19)20/h2-5,8,10,12H,6-7,9H2,1H3,(H,17,18)(H,19,20). The van der Waals surface area contributed by atoms with E-state index in [0.29, 0.717) is 11.7 Å². The van der Waals surface area contributed by atoms with E-state index in [-0.39, 0.29) is 11.8 Å². The summed E-state index contributed by atoms with van der Waals surface area (Å²) in [5, 5.41) is 14.3. The van der Waals surface area contributed by atoms with Crippen LogP contribution in [0.15, 0.2) is 30.3 Å². The smallest absolute Gasteiger partial charge is 0.354 e. The fourth-order valence-electron chi connectivity index (χ4n) is 2.71. The van der Waals surface area contributed by atoms with Gasteiger partial charge >= 0.3 is 5.97 Å². The first-order chi connectivity index (χ1) is 10.1. The van der Waals surface area contributed by atoms with Crippen LogP contribution in [-0.4, -0.2) is 35.3 Å². The van der Waals surface area contributed by atoms with Crippen molar-refractivity contribution >= 4 is 22.6 Å². The summed E-state index contributed by atoms with van der Waals surface area (Å²) in [6.45, 7) is 3.59. The molecule has 0 amide bonds. The molecule has 0 bridgehead atoms. The van der Waals surface area contributed by atoms with E-state index in [1.807, 2.05) is 24.3 Å². The van der Waals surface area contributed by atoms with Gasteiger partial charge < -0.3 is 15.2 Å². The summed E-state index contributed by atoms with van der Waals surface area (Å²) in [6.07, 6.45) is 1.25. The molecule has 0 radical (unpaired) electrons. The SMILES string of the molecule is CC1OCCC1CNc1nc(C(=O)O)cc2ccccc12. The molecule has 1 aliphatic heterocycles. The summed E-state index contributed by atoms with van der Waals surface area (Å²) in [6, 6.07) is 9.27. The molecule has 5 nitrogen and oxygen atoms in total. The first-order valence-electron chi connectivity index (χ1n) is 7.13. The molecule has 2 N–H and O–H groups in total. The zero-order valence-corrected chi connectivity index (χ0v) is 11.9. The van der Waals surface area contributed by atoms with Crippen LogP contribution in [0.25, 0.3) is 10.8 Å². The maximum Gasteiger partial charge on any atom is 0.354 e. The Balaban J connectivity index is 1.90. The van der Waals surface area contributed by atoms with E-state index in [4.69, 9.17) is 4.74 Å². The van der Waals surface area contributed by atoms with Gasteiger partial charge in [-0.3, -0.25) is 0 Å². The van der Waals surface area contributed by atoms with Gasteiger partial charge in [-0.25, -0.2) is 9.78 Å². The number of carboxylic acid groups (broad SMARTS) is 1. The summed E-state index contributed by atoms with van der Waals surface area (Å²) in [4.78, 5) is 15.4. The molecule has 2 atom stereocenters. The molecule has 5 heteroatoms. The predicted molar refractivity (Wildman–Crippen MR) is 80.7 cm³/mol. The Kier molecular flexibility index (Phi) is 3.75. The third-order valence-electron chi connectivity index (χ3n) is 4.02. The molecule has 1 fully saturated rings. The van der Waals surface area contributed by atoms with Crippen LogP contribution in [0.2, 0.25) is 0 Å². The molecule has 3 rings (SSSR count). The van der Waals surface area contributed by atoms with Crippen LogP contribution in [0.5, 0.6) is 0 Å². The minimum atomic E-state index is -1.01. The van der Waals surface area contributed by atoms with Crippen molar-refractivity contribution in [1.29, 1.82) is 0 Å². The third-order valence-corrected chi connectivity index (χ3v) is 4.02. The van der Waals surface area contributed by atoms with E-state index >= 15 is 0 Å². The summed E-state index contributed by atoms with van der Waals surface area (Å²) >= 11 is 0. The number of rotatable bonds is 4. The Bertz CT molecular complexity index is 672. The normalized spacial score (nSPS) is 21.6. The van der Waals surface area contributed by atoms with E-state index < -0.39 is 5.97 Å². The van der Waals surface area contributed by atoms with Crippen molar-refractivity contribution in [3.63, 3.8) is 0 Å². The average molecular weight is 286 g/mol. The van der Waals surface area contributed by atoms with Gasteiger partial charge in [0.05, 0.1) is 6.10 Å². The number of benzene rings is 1. The number of fused-ring (bicyclic) bond motifs is 1. The van der Waals surface area contributed by atoms with Crippen molar-refractivity contribution in [1.82, 2.24) is 4.98 Å². The van der Waals surface area contributed by atoms with E-state index in [2.05, 4.69) is 17.2 Å². The molecule has 1 aromatic carbocycles. The van der Waals surface area contributed by atoms with Crippen molar-refractivity contribution in [3.05, 3.63) is 36.0 Å². The van der Waals surface area contributed by atoms with Crippen LogP contribution >= 0.6 is 0 Å². The number of nitrogens with one attached hydrogen (secondary N) is 1. The first kappa shape index (κ1) is 13.8. The number of hydrogen-bond acceptors (Lipinski definition) is 4. The predicted octanol–water partition coefficient (Wildman–Crippen LogP) is 2.77. The van der Waals surface area contributed by atoms with Gasteiger partial charge in [0.1, 0.15) is 5.82 Å². The minimum absolute atomic E-state index is 0.0620. The molecule has 21 heavy (non-hydrogen) atoms. The minimum Gasteiger partial charge on any atom is -0.477 e. The quantitative estimate of drug-likeness (QED) is 0.904. The number of ether oxygens (including phenoxy) is 1. The number of pyridine rings is 1. The van der Waals surface area contributed by atoms with Gasteiger partial charge in [-0.2, -0.15) is 0 Å². The zero-order valence-electron chi connectivity index (χ0n) is 11.9. The zero-order chi connectivity index (χ0) is 14.8. The molecule has 1 saturated heterocycles. The van der Waals surface area contributed by atoms with Gasteiger partial charge in [-0.05, 0) is 24.8 Å². The molecule has 2 heterocycles. The molecule has 2 aromatic rings. The second kappa shape index (κ2) is 5.69. The van der Waals surface area contributed by atoms with Crippen molar-refractivity contribution in [2.75, 3.05) is 18.5 Å². The third kappa shape index (κ3) is 2.83. The Morgan fingerprint density at radius 1 is 1.48 bits per heavy atom. The summed E-state index contributed by atoms with van der Waals surface area (Å²) in [7, 11) is 0. The van der Waals surface area contributed by atoms with Crippen LogP contribution in [0, 0.1) is 5.92 Å². The van der Waals surface area contributed by atoms with Crippen LogP contribution in [0.3, 0.4) is 0 Å². The highest BCUT2D eigenvalue weighted by molar-refractivity contribution is 5.97. The number of aromatic nitrogens is 1. The highest BCUT2D eigenvalue weighted by Crippen LogP contribution is 2.25. The van der Waals surface area contributed by atoms with E-state index in [1.54, 1.807) is 6.07 Å². The molecular weight excluding hydrogens is 268 g/mol. The fourth-order valence-corrected chi connectivity index (χ4v) is 2.71. The van der Waals surface area contributed by atoms with Crippen molar-refractivity contribution in [3.8, 4) is 0 Å². The lowest BCUT2D eigenvalue weighted by molar-refractivity contribution is 0.0691. The van der Waals surface area contributed by atoms with Gasteiger partial charge in [-0.15, -0.1) is 0 Å². The first-order valence-corrected chi connectivity index (χ1v) is 7.13.